The number of rotatable bonds is 7. The van der Waals surface area contributed by atoms with Crippen molar-refractivity contribution in [3.8, 4) is 33.4 Å². The average molecular weight is 760 g/mol. The molecule has 9 aromatic rings. The Labute approximate surface area is 343 Å². The van der Waals surface area contributed by atoms with Gasteiger partial charge in [0.25, 0.3) is 0 Å². The smallest absolute Gasteiger partial charge is 0.131 e. The lowest BCUT2D eigenvalue weighted by atomic mass is 9.94. The van der Waals surface area contributed by atoms with E-state index in [4.69, 9.17) is 4.99 Å². The van der Waals surface area contributed by atoms with Crippen LogP contribution in [-0.2, 0) is 0 Å². The molecule has 0 spiro atoms. The summed E-state index contributed by atoms with van der Waals surface area (Å²) in [5.74, 6) is 0.846. The third-order valence-electron chi connectivity index (χ3n) is 11.8. The summed E-state index contributed by atoms with van der Waals surface area (Å²) in [6, 6.07) is 69.5. The lowest BCUT2D eigenvalue weighted by molar-refractivity contribution is 0.408. The fraction of sp³-hybridized carbons (Fsp3) is 0.0556. The molecular formula is C54H41N5. The van der Waals surface area contributed by atoms with Crippen LogP contribution in [0.15, 0.2) is 223 Å². The van der Waals surface area contributed by atoms with Crippen molar-refractivity contribution in [2.75, 3.05) is 0 Å². The summed E-state index contributed by atoms with van der Waals surface area (Å²) in [4.78, 5) is 5.34. The van der Waals surface area contributed by atoms with Gasteiger partial charge in [0.15, 0.2) is 0 Å². The van der Waals surface area contributed by atoms with Crippen LogP contribution in [0, 0.1) is 0 Å². The maximum atomic E-state index is 5.34. The maximum absolute atomic E-state index is 5.34. The molecule has 3 N–H and O–H groups in total. The van der Waals surface area contributed by atoms with Gasteiger partial charge in [-0.3, -0.25) is 5.32 Å². The van der Waals surface area contributed by atoms with Crippen molar-refractivity contribution in [2.45, 2.75) is 18.5 Å². The van der Waals surface area contributed by atoms with E-state index < -0.39 is 0 Å². The summed E-state index contributed by atoms with van der Waals surface area (Å²) >= 11 is 0. The molecule has 8 aromatic carbocycles. The Bertz CT molecular complexity index is 3060. The molecule has 0 amide bonds. The second-order valence-electron chi connectivity index (χ2n) is 15.3. The van der Waals surface area contributed by atoms with Crippen molar-refractivity contribution < 1.29 is 0 Å². The van der Waals surface area contributed by atoms with Crippen LogP contribution in [0.5, 0.6) is 0 Å². The summed E-state index contributed by atoms with van der Waals surface area (Å²) < 4.78 is 2.48. The first kappa shape index (κ1) is 34.8. The highest BCUT2D eigenvalue weighted by molar-refractivity contribution is 6.24. The number of fused-ring (bicyclic) bond motifs is 5. The highest BCUT2D eigenvalue weighted by Gasteiger charge is 2.28. The van der Waals surface area contributed by atoms with Crippen molar-refractivity contribution in [2.24, 2.45) is 4.99 Å². The first-order valence-corrected chi connectivity index (χ1v) is 20.3. The number of amidine groups is 1. The first-order valence-electron chi connectivity index (χ1n) is 20.3. The fourth-order valence-corrected chi connectivity index (χ4v) is 8.87. The first-order chi connectivity index (χ1) is 29.2. The second-order valence-corrected chi connectivity index (χ2v) is 15.3. The molecule has 0 saturated heterocycles. The molecule has 1 aromatic heterocycles. The third kappa shape index (κ3) is 6.38. The van der Waals surface area contributed by atoms with E-state index in [1.54, 1.807) is 0 Å². The van der Waals surface area contributed by atoms with Crippen LogP contribution in [-0.4, -0.2) is 10.4 Å². The minimum absolute atomic E-state index is 0.165. The summed E-state index contributed by atoms with van der Waals surface area (Å²) in [6.45, 7) is 0. The molecule has 2 aliphatic heterocycles. The molecule has 0 bridgehead atoms. The van der Waals surface area contributed by atoms with Gasteiger partial charge in [0.2, 0.25) is 0 Å². The Balaban J connectivity index is 1.07. The van der Waals surface area contributed by atoms with Crippen molar-refractivity contribution in [3.05, 3.63) is 229 Å². The Morgan fingerprint density at radius 2 is 1.07 bits per heavy atom. The van der Waals surface area contributed by atoms with Gasteiger partial charge in [-0.05, 0) is 85.8 Å². The van der Waals surface area contributed by atoms with Gasteiger partial charge in [0, 0.05) is 16.3 Å². The van der Waals surface area contributed by atoms with Crippen LogP contribution in [0.1, 0.15) is 29.6 Å². The SMILES string of the molecule is C1=CC(C2=NC(c3ccccc3)NC(c3ccc(-c4ccccc4)cc3)N2)=CC(n2c3cc(-c4ccccc4)ccc3c3c4ccccc4c(-c4ccccc4)cc32)N1. The molecule has 282 valence electrons. The standard InChI is InChI=1S/C54H41N5/c1-5-15-36(16-6-1)38-25-27-41(28-26-38)53-56-52(40-21-11-4-12-22-40)57-54(58-53)43-31-32-55-50(34-43)59-48-33-42(37-17-7-2-8-18-37)29-30-46(48)51-45-24-14-13-23-44(45)47(35-49(51)59)39-19-9-3-10-20-39/h1-35,50,52-53,55-56H,(H,57,58). The van der Waals surface area contributed by atoms with Crippen LogP contribution >= 0.6 is 0 Å². The highest BCUT2D eigenvalue weighted by Crippen LogP contribution is 2.43. The number of hydrogen-bond acceptors (Lipinski definition) is 4. The minimum Gasteiger partial charge on any atom is -0.368 e. The number of nitrogens with zero attached hydrogens (tertiary/aromatic N) is 2. The van der Waals surface area contributed by atoms with E-state index in [1.165, 1.54) is 66.0 Å². The van der Waals surface area contributed by atoms with Crippen LogP contribution in [0.25, 0.3) is 66.0 Å². The van der Waals surface area contributed by atoms with E-state index >= 15 is 0 Å². The molecule has 5 nitrogen and oxygen atoms in total. The van der Waals surface area contributed by atoms with E-state index in [0.29, 0.717) is 0 Å². The monoisotopic (exact) mass is 759 g/mol. The third-order valence-corrected chi connectivity index (χ3v) is 11.8. The number of hydrogen-bond donors (Lipinski definition) is 3. The zero-order valence-corrected chi connectivity index (χ0v) is 32.3. The second kappa shape index (κ2) is 14.8. The summed E-state index contributed by atoms with van der Waals surface area (Å²) in [5, 5.41) is 16.3. The van der Waals surface area contributed by atoms with E-state index in [-0.39, 0.29) is 18.5 Å². The molecule has 59 heavy (non-hydrogen) atoms. The van der Waals surface area contributed by atoms with Gasteiger partial charge in [-0.15, -0.1) is 0 Å². The average Bonchev–Trinajstić information content (AvgIpc) is 3.66. The van der Waals surface area contributed by atoms with Crippen LogP contribution in [0.2, 0.25) is 0 Å². The van der Waals surface area contributed by atoms with Gasteiger partial charge >= 0.3 is 0 Å². The Hall–Kier alpha value is -7.47. The molecular weight excluding hydrogens is 719 g/mol. The normalized spacial score (nSPS) is 17.7. The minimum atomic E-state index is -0.240. The molecule has 3 atom stereocenters. The molecule has 0 aliphatic carbocycles. The van der Waals surface area contributed by atoms with Gasteiger partial charge in [-0.1, -0.05) is 182 Å². The number of dihydropyridines is 1. The molecule has 11 rings (SSSR count). The summed E-state index contributed by atoms with van der Waals surface area (Å²) in [5.41, 5.74) is 12.8. The largest absolute Gasteiger partial charge is 0.368 e. The predicted molar refractivity (Wildman–Crippen MR) is 245 cm³/mol. The lowest BCUT2D eigenvalue weighted by Gasteiger charge is -2.33. The quantitative estimate of drug-likeness (QED) is 0.152. The van der Waals surface area contributed by atoms with Crippen molar-refractivity contribution in [1.82, 2.24) is 20.5 Å². The molecule has 5 heteroatoms. The maximum Gasteiger partial charge on any atom is 0.131 e. The zero-order valence-electron chi connectivity index (χ0n) is 32.3. The van der Waals surface area contributed by atoms with Crippen LogP contribution in [0.4, 0.5) is 0 Å². The zero-order chi connectivity index (χ0) is 39.1. The molecule has 3 unspecified atom stereocenters. The topological polar surface area (TPSA) is 53.4 Å². The van der Waals surface area contributed by atoms with Gasteiger partial charge in [-0.2, -0.15) is 0 Å². The predicted octanol–water partition coefficient (Wildman–Crippen LogP) is 12.5. The number of aromatic nitrogens is 1. The number of nitrogens with one attached hydrogen (secondary N) is 3. The Morgan fingerprint density at radius 3 is 1.78 bits per heavy atom. The van der Waals surface area contributed by atoms with Crippen LogP contribution < -0.4 is 16.0 Å². The summed E-state index contributed by atoms with van der Waals surface area (Å²) in [6.07, 6.45) is 5.92. The van der Waals surface area contributed by atoms with Gasteiger partial charge in [0.1, 0.15) is 24.3 Å². The number of benzene rings is 8. The van der Waals surface area contributed by atoms with E-state index in [9.17, 15) is 0 Å². The molecule has 2 aliphatic rings. The van der Waals surface area contributed by atoms with Gasteiger partial charge in [0.05, 0.1) is 11.0 Å². The van der Waals surface area contributed by atoms with Gasteiger partial charge < -0.3 is 15.2 Å². The Kier molecular flexibility index (Phi) is 8.72. The molecule has 3 heterocycles. The number of aliphatic imine (C=N–C) groups is 1. The molecule has 0 radical (unpaired) electrons. The van der Waals surface area contributed by atoms with E-state index in [1.807, 2.05) is 0 Å². The van der Waals surface area contributed by atoms with E-state index in [0.717, 1.165) is 22.5 Å². The van der Waals surface area contributed by atoms with E-state index in [2.05, 4.69) is 233 Å². The van der Waals surface area contributed by atoms with Crippen molar-refractivity contribution in [1.29, 1.82) is 0 Å². The van der Waals surface area contributed by atoms with Crippen molar-refractivity contribution in [3.63, 3.8) is 0 Å². The molecule has 0 fully saturated rings. The Morgan fingerprint density at radius 1 is 0.475 bits per heavy atom. The molecule has 0 saturated carbocycles. The fourth-order valence-electron chi connectivity index (χ4n) is 8.87. The van der Waals surface area contributed by atoms with Crippen molar-refractivity contribution >= 4 is 38.4 Å². The highest BCUT2D eigenvalue weighted by atomic mass is 15.3. The van der Waals surface area contributed by atoms with Gasteiger partial charge in [-0.25, -0.2) is 4.99 Å². The summed E-state index contributed by atoms with van der Waals surface area (Å²) in [7, 11) is 0. The van der Waals surface area contributed by atoms with Crippen LogP contribution in [0.3, 0.4) is 0 Å². The lowest BCUT2D eigenvalue weighted by Crippen LogP contribution is -2.45.